The molecule has 0 unspecified atom stereocenters. The number of hydrogen-bond acceptors (Lipinski definition) is 6. The van der Waals surface area contributed by atoms with Gasteiger partial charge in [0, 0.05) is 26.2 Å². The Kier molecular flexibility index (Phi) is 5.47. The smallest absolute Gasteiger partial charge is 0.233 e. The second-order valence-corrected chi connectivity index (χ2v) is 8.20. The maximum atomic E-state index is 12.3. The summed E-state index contributed by atoms with van der Waals surface area (Å²) < 4.78 is 3.29. The summed E-state index contributed by atoms with van der Waals surface area (Å²) in [4.78, 5) is 16.4. The summed E-state index contributed by atoms with van der Waals surface area (Å²) in [5, 5.41) is 4.52. The van der Waals surface area contributed by atoms with Crippen molar-refractivity contribution in [2.45, 2.75) is 4.34 Å². The third-order valence-corrected chi connectivity index (χ3v) is 6.06. The first kappa shape index (κ1) is 16.6. The zero-order valence-corrected chi connectivity index (χ0v) is 15.3. The summed E-state index contributed by atoms with van der Waals surface area (Å²) in [6.45, 7) is 3.50. The fraction of sp³-hybridized carbons (Fsp3) is 0.400. The molecule has 2 aromatic rings. The first-order valence-electron chi connectivity index (χ1n) is 7.38. The van der Waals surface area contributed by atoms with Crippen LogP contribution in [-0.4, -0.2) is 64.5 Å². The molecule has 0 aliphatic carbocycles. The van der Waals surface area contributed by atoms with Crippen LogP contribution in [0.4, 0.5) is 0 Å². The molecule has 0 spiro atoms. The van der Waals surface area contributed by atoms with Gasteiger partial charge in [-0.3, -0.25) is 4.79 Å². The second kappa shape index (κ2) is 7.57. The summed E-state index contributed by atoms with van der Waals surface area (Å²) in [6, 6.07) is 9.82. The zero-order valence-electron chi connectivity index (χ0n) is 12.8. The Morgan fingerprint density at radius 2 is 1.96 bits per heavy atom. The van der Waals surface area contributed by atoms with Crippen molar-refractivity contribution in [2.24, 2.45) is 0 Å². The van der Waals surface area contributed by atoms with Crippen molar-refractivity contribution in [2.75, 3.05) is 39.0 Å². The van der Waals surface area contributed by atoms with Crippen LogP contribution in [0.5, 0.6) is 0 Å². The molecule has 0 atom stereocenters. The molecule has 8 heteroatoms. The standard InChI is InChI=1S/C15H18N4OS3/c1-17-7-9-18(10-8-17)13(20)11-22-14-16-19(15(21)23-14)12-5-3-2-4-6-12/h2-6H,7-11H2,1H3. The number of benzene rings is 1. The van der Waals surface area contributed by atoms with E-state index in [-0.39, 0.29) is 5.91 Å². The van der Waals surface area contributed by atoms with E-state index in [1.54, 1.807) is 4.68 Å². The van der Waals surface area contributed by atoms with E-state index in [4.69, 9.17) is 12.2 Å². The summed E-state index contributed by atoms with van der Waals surface area (Å²) >= 11 is 8.29. The third kappa shape index (κ3) is 4.20. The van der Waals surface area contributed by atoms with Gasteiger partial charge in [0.05, 0.1) is 11.4 Å². The quantitative estimate of drug-likeness (QED) is 0.614. The lowest BCUT2D eigenvalue weighted by Gasteiger charge is -2.32. The molecule has 23 heavy (non-hydrogen) atoms. The Hall–Kier alpha value is -1.22. The van der Waals surface area contributed by atoms with Gasteiger partial charge in [-0.05, 0) is 31.4 Å². The van der Waals surface area contributed by atoms with E-state index in [9.17, 15) is 4.79 Å². The van der Waals surface area contributed by atoms with Gasteiger partial charge in [-0.25, -0.2) is 4.68 Å². The molecule has 1 aliphatic heterocycles. The van der Waals surface area contributed by atoms with E-state index in [1.807, 2.05) is 35.2 Å². The fourth-order valence-electron chi connectivity index (χ4n) is 2.32. The molecule has 5 nitrogen and oxygen atoms in total. The fourth-order valence-corrected chi connectivity index (χ4v) is 4.59. The Morgan fingerprint density at radius 3 is 2.65 bits per heavy atom. The summed E-state index contributed by atoms with van der Waals surface area (Å²) in [5.41, 5.74) is 0.950. The summed E-state index contributed by atoms with van der Waals surface area (Å²) in [7, 11) is 2.08. The maximum absolute atomic E-state index is 12.3. The summed E-state index contributed by atoms with van der Waals surface area (Å²) in [6.07, 6.45) is 0. The minimum Gasteiger partial charge on any atom is -0.339 e. The molecule has 1 aromatic heterocycles. The molecule has 0 N–H and O–H groups in total. The van der Waals surface area contributed by atoms with E-state index in [0.29, 0.717) is 9.71 Å². The predicted octanol–water partition coefficient (Wildman–Crippen LogP) is 2.53. The SMILES string of the molecule is CN1CCN(C(=O)CSc2nn(-c3ccccc3)c(=S)s2)CC1. The average molecular weight is 367 g/mol. The number of hydrogen-bond donors (Lipinski definition) is 0. The monoisotopic (exact) mass is 366 g/mol. The van der Waals surface area contributed by atoms with Gasteiger partial charge in [-0.2, -0.15) is 0 Å². The molecule has 122 valence electrons. The van der Waals surface area contributed by atoms with Crippen molar-refractivity contribution >= 4 is 41.2 Å². The molecule has 0 saturated carbocycles. The van der Waals surface area contributed by atoms with Crippen LogP contribution in [0.3, 0.4) is 0 Å². The number of piperazine rings is 1. The van der Waals surface area contributed by atoms with E-state index >= 15 is 0 Å². The highest BCUT2D eigenvalue weighted by atomic mass is 32.2. The van der Waals surface area contributed by atoms with Crippen molar-refractivity contribution in [1.82, 2.24) is 19.6 Å². The average Bonchev–Trinajstić information content (AvgIpc) is 2.95. The molecule has 3 rings (SSSR count). The topological polar surface area (TPSA) is 41.4 Å². The van der Waals surface area contributed by atoms with Gasteiger partial charge in [0.1, 0.15) is 0 Å². The van der Waals surface area contributed by atoms with Crippen molar-refractivity contribution in [3.05, 3.63) is 34.3 Å². The maximum Gasteiger partial charge on any atom is 0.233 e. The van der Waals surface area contributed by atoms with Gasteiger partial charge in [0.2, 0.25) is 5.91 Å². The number of nitrogens with zero attached hydrogens (tertiary/aromatic N) is 4. The van der Waals surface area contributed by atoms with Crippen LogP contribution in [-0.2, 0) is 4.79 Å². The molecule has 1 amide bonds. The van der Waals surface area contributed by atoms with Gasteiger partial charge in [-0.1, -0.05) is 41.3 Å². The number of para-hydroxylation sites is 1. The summed E-state index contributed by atoms with van der Waals surface area (Å²) in [5.74, 6) is 0.594. The number of likely N-dealkylation sites (N-methyl/N-ethyl adjacent to an activating group) is 1. The lowest BCUT2D eigenvalue weighted by Crippen LogP contribution is -2.47. The third-order valence-electron chi connectivity index (χ3n) is 3.71. The van der Waals surface area contributed by atoms with E-state index in [1.165, 1.54) is 23.1 Å². The Balaban J connectivity index is 1.61. The molecule has 0 radical (unpaired) electrons. The van der Waals surface area contributed by atoms with Gasteiger partial charge in [0.15, 0.2) is 8.29 Å². The van der Waals surface area contributed by atoms with Gasteiger partial charge < -0.3 is 9.80 Å². The number of rotatable bonds is 4. The Bertz CT molecular complexity index is 720. The predicted molar refractivity (Wildman–Crippen MR) is 97.1 cm³/mol. The van der Waals surface area contributed by atoms with Crippen LogP contribution in [0.2, 0.25) is 0 Å². The number of amides is 1. The van der Waals surface area contributed by atoms with Gasteiger partial charge in [-0.15, -0.1) is 5.10 Å². The molecular weight excluding hydrogens is 348 g/mol. The van der Waals surface area contributed by atoms with Crippen molar-refractivity contribution < 1.29 is 4.79 Å². The highest BCUT2D eigenvalue weighted by molar-refractivity contribution is 8.01. The van der Waals surface area contributed by atoms with Crippen LogP contribution in [0.25, 0.3) is 5.69 Å². The van der Waals surface area contributed by atoms with Crippen LogP contribution in [0.15, 0.2) is 34.7 Å². The molecule has 1 saturated heterocycles. The van der Waals surface area contributed by atoms with Crippen LogP contribution in [0.1, 0.15) is 0 Å². The van der Waals surface area contributed by atoms with Crippen LogP contribution in [0, 0.1) is 3.95 Å². The number of aromatic nitrogens is 2. The normalized spacial score (nSPS) is 15.8. The van der Waals surface area contributed by atoms with Crippen molar-refractivity contribution in [3.63, 3.8) is 0 Å². The van der Waals surface area contributed by atoms with E-state index < -0.39 is 0 Å². The zero-order chi connectivity index (χ0) is 16.2. The Morgan fingerprint density at radius 1 is 1.26 bits per heavy atom. The molecule has 0 bridgehead atoms. The molecule has 1 aliphatic rings. The van der Waals surface area contributed by atoms with Crippen LogP contribution >= 0.6 is 35.3 Å². The second-order valence-electron chi connectivity index (χ2n) is 5.35. The molecule has 1 aromatic carbocycles. The minimum absolute atomic E-state index is 0.176. The van der Waals surface area contributed by atoms with E-state index in [0.717, 1.165) is 36.2 Å². The number of thioether (sulfide) groups is 1. The highest BCUT2D eigenvalue weighted by Gasteiger charge is 2.19. The molecular formula is C15H18N4OS3. The lowest BCUT2D eigenvalue weighted by atomic mass is 10.3. The first-order chi connectivity index (χ1) is 11.1. The van der Waals surface area contributed by atoms with Gasteiger partial charge >= 0.3 is 0 Å². The lowest BCUT2D eigenvalue weighted by molar-refractivity contribution is -0.129. The first-order valence-corrected chi connectivity index (χ1v) is 9.59. The van der Waals surface area contributed by atoms with Crippen molar-refractivity contribution in [3.8, 4) is 5.69 Å². The molecule has 2 heterocycles. The molecule has 1 fully saturated rings. The van der Waals surface area contributed by atoms with Crippen molar-refractivity contribution in [1.29, 1.82) is 0 Å². The number of carbonyl (C=O) groups excluding carboxylic acids is 1. The Labute approximate surface area is 148 Å². The van der Waals surface area contributed by atoms with E-state index in [2.05, 4.69) is 17.0 Å². The van der Waals surface area contributed by atoms with Gasteiger partial charge in [0.25, 0.3) is 0 Å². The van der Waals surface area contributed by atoms with Crippen LogP contribution < -0.4 is 0 Å². The minimum atomic E-state index is 0.176. The number of carbonyl (C=O) groups is 1. The highest BCUT2D eigenvalue weighted by Crippen LogP contribution is 2.24. The largest absolute Gasteiger partial charge is 0.339 e.